The first-order valence-electron chi connectivity index (χ1n) is 5.84. The van der Waals surface area contributed by atoms with Crippen LogP contribution in [0, 0.1) is 0 Å². The van der Waals surface area contributed by atoms with Gasteiger partial charge in [-0.05, 0) is 17.7 Å². The Labute approximate surface area is 133 Å². The van der Waals surface area contributed by atoms with Gasteiger partial charge in [0.25, 0.3) is 0 Å². The number of hydrogen-bond donors (Lipinski definition) is 1. The molecule has 5 heteroatoms. The second kappa shape index (κ2) is 6.84. The second-order valence-corrected chi connectivity index (χ2v) is 5.51. The maximum absolute atomic E-state index is 6.29. The summed E-state index contributed by atoms with van der Waals surface area (Å²) in [6.45, 7) is 0. The molecule has 0 aliphatic carbocycles. The summed E-state index contributed by atoms with van der Waals surface area (Å²) in [6, 6.07) is 14.1. The Morgan fingerprint density at radius 3 is 2.35 bits per heavy atom. The van der Waals surface area contributed by atoms with Crippen LogP contribution in [0.3, 0.4) is 0 Å². The van der Waals surface area contributed by atoms with Crippen molar-refractivity contribution in [3.8, 4) is 0 Å². The molecule has 2 aromatic rings. The summed E-state index contributed by atoms with van der Waals surface area (Å²) in [5, 5.41) is 5.43. The van der Waals surface area contributed by atoms with Crippen LogP contribution in [0.25, 0.3) is 11.4 Å². The molecule has 102 valence electrons. The zero-order chi connectivity index (χ0) is 13.1. The second-order valence-electron chi connectivity index (χ2n) is 4.02. The molecule has 0 saturated heterocycles. The van der Waals surface area contributed by atoms with E-state index in [2.05, 4.69) is 22.4 Å². The van der Waals surface area contributed by atoms with Crippen molar-refractivity contribution in [1.82, 2.24) is 10.3 Å². The first-order valence-corrected chi connectivity index (χ1v) is 7.10. The van der Waals surface area contributed by atoms with E-state index in [9.17, 15) is 0 Å². The van der Waals surface area contributed by atoms with Gasteiger partial charge < -0.3 is 17.7 Å². The number of halogens is 2. The molecular weight excluding hydrogens is 311 g/mol. The van der Waals surface area contributed by atoms with Gasteiger partial charge in [-0.15, -0.1) is 0 Å². The van der Waals surface area contributed by atoms with Crippen LogP contribution in [0.1, 0.15) is 11.1 Å². The van der Waals surface area contributed by atoms with E-state index in [1.807, 2.05) is 35.7 Å². The molecule has 2 nitrogen and oxygen atoms in total. The Morgan fingerprint density at radius 1 is 0.950 bits per heavy atom. The van der Waals surface area contributed by atoms with Crippen molar-refractivity contribution in [3.63, 3.8) is 0 Å². The number of thioether (sulfide) groups is 1. The van der Waals surface area contributed by atoms with E-state index in [1.54, 1.807) is 12.4 Å². The lowest BCUT2D eigenvalue weighted by molar-refractivity contribution is -0.00000364. The van der Waals surface area contributed by atoms with E-state index in [0.29, 0.717) is 0 Å². The Kier molecular flexibility index (Phi) is 5.12. The van der Waals surface area contributed by atoms with Crippen molar-refractivity contribution in [2.75, 3.05) is 0 Å². The first kappa shape index (κ1) is 15.0. The normalized spacial score (nSPS) is 14.2. The smallest absolute Gasteiger partial charge is 0.102 e. The standard InChI is InChI=1S/C15H11ClN2S.ClH/c16-15-14(12-6-8-17-9-7-12)18-13(10-19-15)11-4-2-1-3-5-11;/h1-10,18H;1H/p-1. The van der Waals surface area contributed by atoms with Crippen molar-refractivity contribution in [3.05, 3.63) is 75.8 Å². The third-order valence-corrected chi connectivity index (χ3v) is 4.01. The summed E-state index contributed by atoms with van der Waals surface area (Å²) in [7, 11) is 0. The lowest BCUT2D eigenvalue weighted by Gasteiger charge is -2.20. The highest BCUT2D eigenvalue weighted by Gasteiger charge is 2.15. The maximum Gasteiger partial charge on any atom is 0.102 e. The zero-order valence-corrected chi connectivity index (χ0v) is 12.7. The molecule has 0 radical (unpaired) electrons. The van der Waals surface area contributed by atoms with Gasteiger partial charge in [-0.3, -0.25) is 4.98 Å². The lowest BCUT2D eigenvalue weighted by Crippen LogP contribution is -3.00. The van der Waals surface area contributed by atoms with Crippen LogP contribution in [0.15, 0.2) is 64.6 Å². The largest absolute Gasteiger partial charge is 1.00 e. The summed E-state index contributed by atoms with van der Waals surface area (Å²) in [4.78, 5) is 4.03. The Morgan fingerprint density at radius 2 is 1.65 bits per heavy atom. The molecule has 1 aromatic heterocycles. The number of benzene rings is 1. The van der Waals surface area contributed by atoms with Crippen LogP contribution in [0.2, 0.25) is 0 Å². The summed E-state index contributed by atoms with van der Waals surface area (Å²) < 4.78 is 0.742. The predicted molar refractivity (Wildman–Crippen MR) is 82.2 cm³/mol. The van der Waals surface area contributed by atoms with Crippen molar-refractivity contribution in [2.24, 2.45) is 0 Å². The van der Waals surface area contributed by atoms with Gasteiger partial charge in [0.2, 0.25) is 0 Å². The fourth-order valence-corrected chi connectivity index (χ4v) is 2.84. The molecule has 1 aromatic carbocycles. The maximum atomic E-state index is 6.29. The van der Waals surface area contributed by atoms with Crippen LogP contribution >= 0.6 is 23.4 Å². The van der Waals surface area contributed by atoms with E-state index >= 15 is 0 Å². The number of pyridine rings is 1. The van der Waals surface area contributed by atoms with Crippen LogP contribution < -0.4 is 17.7 Å². The first-order chi connectivity index (χ1) is 9.34. The number of nitrogens with zero attached hydrogens (tertiary/aromatic N) is 1. The molecule has 3 rings (SSSR count). The summed E-state index contributed by atoms with van der Waals surface area (Å²) in [6.07, 6.45) is 3.53. The highest BCUT2D eigenvalue weighted by molar-refractivity contribution is 8.07. The minimum absolute atomic E-state index is 0. The summed E-state index contributed by atoms with van der Waals surface area (Å²) >= 11 is 7.81. The fourth-order valence-electron chi connectivity index (χ4n) is 1.85. The van der Waals surface area contributed by atoms with Crippen molar-refractivity contribution in [1.29, 1.82) is 0 Å². The van der Waals surface area contributed by atoms with Gasteiger partial charge in [-0.1, -0.05) is 53.7 Å². The Bertz CT molecular complexity index is 639. The van der Waals surface area contributed by atoms with Crippen LogP contribution in [0.5, 0.6) is 0 Å². The molecule has 1 aliphatic rings. The monoisotopic (exact) mass is 321 g/mol. The fraction of sp³-hybridized carbons (Fsp3) is 0. The van der Waals surface area contributed by atoms with Crippen molar-refractivity contribution < 1.29 is 12.4 Å². The van der Waals surface area contributed by atoms with Crippen LogP contribution in [-0.2, 0) is 0 Å². The topological polar surface area (TPSA) is 24.9 Å². The molecule has 20 heavy (non-hydrogen) atoms. The third kappa shape index (κ3) is 3.18. The highest BCUT2D eigenvalue weighted by atomic mass is 35.5. The van der Waals surface area contributed by atoms with Gasteiger partial charge in [-0.25, -0.2) is 0 Å². The predicted octanol–water partition coefficient (Wildman–Crippen LogP) is 1.29. The molecule has 0 spiro atoms. The summed E-state index contributed by atoms with van der Waals surface area (Å²) in [5.41, 5.74) is 4.16. The zero-order valence-electron chi connectivity index (χ0n) is 10.4. The molecule has 0 fully saturated rings. The Balaban J connectivity index is 0.00000147. The van der Waals surface area contributed by atoms with Crippen molar-refractivity contribution >= 4 is 34.8 Å². The molecule has 0 saturated carbocycles. The molecule has 2 heterocycles. The molecule has 0 atom stereocenters. The molecule has 0 amide bonds. The van der Waals surface area contributed by atoms with Gasteiger partial charge in [-0.2, -0.15) is 0 Å². The molecule has 1 aliphatic heterocycles. The molecule has 0 unspecified atom stereocenters. The molecule has 0 bridgehead atoms. The Hall–Kier alpha value is -1.42. The third-order valence-electron chi connectivity index (χ3n) is 2.79. The van der Waals surface area contributed by atoms with Gasteiger partial charge in [0.1, 0.15) is 4.36 Å². The van der Waals surface area contributed by atoms with E-state index in [4.69, 9.17) is 11.6 Å². The SMILES string of the molecule is ClC1=C(c2ccncc2)NC(c2ccccc2)=CS1.[Cl-]. The number of aromatic nitrogens is 1. The lowest BCUT2D eigenvalue weighted by atomic mass is 10.1. The van der Waals surface area contributed by atoms with Gasteiger partial charge in [0, 0.05) is 23.4 Å². The quantitative estimate of drug-likeness (QED) is 0.902. The van der Waals surface area contributed by atoms with Crippen LogP contribution in [-0.4, -0.2) is 4.98 Å². The van der Waals surface area contributed by atoms with E-state index in [-0.39, 0.29) is 12.4 Å². The molecular formula is C15H11Cl2N2S-. The minimum atomic E-state index is 0. The number of nitrogens with one attached hydrogen (secondary N) is 1. The van der Waals surface area contributed by atoms with Crippen molar-refractivity contribution in [2.45, 2.75) is 0 Å². The summed E-state index contributed by atoms with van der Waals surface area (Å²) in [5.74, 6) is 0. The average molecular weight is 322 g/mol. The van der Waals surface area contributed by atoms with E-state index < -0.39 is 0 Å². The average Bonchev–Trinajstić information content (AvgIpc) is 2.49. The molecule has 1 N–H and O–H groups in total. The van der Waals surface area contributed by atoms with E-state index in [0.717, 1.165) is 26.9 Å². The van der Waals surface area contributed by atoms with Gasteiger partial charge >= 0.3 is 0 Å². The van der Waals surface area contributed by atoms with Gasteiger partial charge in [0.05, 0.1) is 11.4 Å². The minimum Gasteiger partial charge on any atom is -1.00 e. The van der Waals surface area contributed by atoms with Gasteiger partial charge in [0.15, 0.2) is 0 Å². The number of hydrogen-bond acceptors (Lipinski definition) is 3. The highest BCUT2D eigenvalue weighted by Crippen LogP contribution is 2.36. The van der Waals surface area contributed by atoms with Crippen LogP contribution in [0.4, 0.5) is 0 Å². The number of rotatable bonds is 2. The van der Waals surface area contributed by atoms with E-state index in [1.165, 1.54) is 11.8 Å².